The maximum absolute atomic E-state index is 3.49. The summed E-state index contributed by atoms with van der Waals surface area (Å²) in [4.78, 5) is 2.76. The summed E-state index contributed by atoms with van der Waals surface area (Å²) in [5.74, 6) is 0. The van der Waals surface area contributed by atoms with Crippen LogP contribution in [0.1, 0.15) is 65.2 Å². The van der Waals surface area contributed by atoms with Gasteiger partial charge in [-0.1, -0.05) is 26.7 Å². The molecular weight excluding hydrogens is 208 g/mol. The van der Waals surface area contributed by atoms with Crippen LogP contribution in [0.4, 0.5) is 0 Å². The highest BCUT2D eigenvalue weighted by atomic mass is 15.1. The van der Waals surface area contributed by atoms with E-state index in [-0.39, 0.29) is 0 Å². The highest BCUT2D eigenvalue weighted by Crippen LogP contribution is 2.19. The first-order chi connectivity index (χ1) is 8.38. The van der Waals surface area contributed by atoms with E-state index < -0.39 is 0 Å². The van der Waals surface area contributed by atoms with Crippen LogP contribution < -0.4 is 5.32 Å². The number of hydrogen-bond acceptors (Lipinski definition) is 2. The Balaban J connectivity index is 2.10. The fourth-order valence-electron chi connectivity index (χ4n) is 2.86. The zero-order valence-electron chi connectivity index (χ0n) is 12.0. The predicted octanol–water partition coefficient (Wildman–Crippen LogP) is 3.42. The summed E-state index contributed by atoms with van der Waals surface area (Å²) in [6.45, 7) is 9.65. The summed E-state index contributed by atoms with van der Waals surface area (Å²) in [5.41, 5.74) is 0. The Morgan fingerprint density at radius 1 is 1.06 bits per heavy atom. The smallest absolute Gasteiger partial charge is 0.00926 e. The molecule has 0 aromatic carbocycles. The van der Waals surface area contributed by atoms with Crippen LogP contribution in [0.25, 0.3) is 0 Å². The topological polar surface area (TPSA) is 15.3 Å². The van der Waals surface area contributed by atoms with Crippen molar-refractivity contribution in [1.82, 2.24) is 10.2 Å². The molecule has 1 heterocycles. The first-order valence-electron chi connectivity index (χ1n) is 7.83. The molecule has 2 heteroatoms. The maximum Gasteiger partial charge on any atom is 0.00926 e. The van der Waals surface area contributed by atoms with Crippen LogP contribution in [0.3, 0.4) is 0 Å². The van der Waals surface area contributed by atoms with Gasteiger partial charge in [-0.15, -0.1) is 0 Å². The molecule has 0 spiro atoms. The lowest BCUT2D eigenvalue weighted by Gasteiger charge is -2.29. The van der Waals surface area contributed by atoms with Gasteiger partial charge in [-0.05, 0) is 64.7 Å². The van der Waals surface area contributed by atoms with Crippen LogP contribution >= 0.6 is 0 Å². The van der Waals surface area contributed by atoms with Gasteiger partial charge in [0.25, 0.3) is 0 Å². The van der Waals surface area contributed by atoms with Gasteiger partial charge in [0.05, 0.1) is 0 Å². The van der Waals surface area contributed by atoms with Gasteiger partial charge < -0.3 is 10.2 Å². The summed E-state index contributed by atoms with van der Waals surface area (Å²) in [6.07, 6.45) is 11.1. The van der Waals surface area contributed by atoms with Gasteiger partial charge in [0.2, 0.25) is 0 Å². The molecule has 1 N–H and O–H groups in total. The van der Waals surface area contributed by atoms with E-state index in [1.165, 1.54) is 77.5 Å². The maximum atomic E-state index is 3.49. The van der Waals surface area contributed by atoms with Crippen molar-refractivity contribution in [2.45, 2.75) is 71.3 Å². The Morgan fingerprint density at radius 3 is 2.71 bits per heavy atom. The van der Waals surface area contributed by atoms with Gasteiger partial charge >= 0.3 is 0 Å². The lowest BCUT2D eigenvalue weighted by Crippen LogP contribution is -2.35. The van der Waals surface area contributed by atoms with Crippen LogP contribution in [0.15, 0.2) is 0 Å². The van der Waals surface area contributed by atoms with Crippen LogP contribution in [-0.2, 0) is 0 Å². The minimum Gasteiger partial charge on any atom is -0.317 e. The van der Waals surface area contributed by atoms with Crippen molar-refractivity contribution < 1.29 is 0 Å². The lowest BCUT2D eigenvalue weighted by molar-refractivity contribution is 0.191. The number of rotatable bonds is 8. The Morgan fingerprint density at radius 2 is 1.94 bits per heavy atom. The molecule has 0 aliphatic carbocycles. The summed E-state index contributed by atoms with van der Waals surface area (Å²) in [6, 6.07) is 0.876. The van der Waals surface area contributed by atoms with Gasteiger partial charge in [-0.2, -0.15) is 0 Å². The number of likely N-dealkylation sites (tertiary alicyclic amines) is 1. The average Bonchev–Trinajstić information content (AvgIpc) is 2.58. The molecule has 1 atom stereocenters. The molecule has 102 valence electrons. The van der Waals surface area contributed by atoms with Crippen molar-refractivity contribution in [1.29, 1.82) is 0 Å². The highest BCUT2D eigenvalue weighted by Gasteiger charge is 2.18. The molecule has 1 unspecified atom stereocenters. The third-order valence-electron chi connectivity index (χ3n) is 3.95. The quantitative estimate of drug-likeness (QED) is 0.654. The van der Waals surface area contributed by atoms with E-state index in [4.69, 9.17) is 0 Å². The normalized spacial score (nSPS) is 22.6. The second kappa shape index (κ2) is 9.90. The zero-order chi connectivity index (χ0) is 12.3. The molecule has 1 fully saturated rings. The molecule has 0 saturated carbocycles. The molecule has 17 heavy (non-hydrogen) atoms. The van der Waals surface area contributed by atoms with E-state index in [9.17, 15) is 0 Å². The molecule has 0 aromatic heterocycles. The fourth-order valence-corrected chi connectivity index (χ4v) is 2.86. The van der Waals surface area contributed by atoms with E-state index in [1.54, 1.807) is 0 Å². The molecule has 1 aliphatic heterocycles. The summed E-state index contributed by atoms with van der Waals surface area (Å²) in [5, 5.41) is 3.49. The molecule has 2 nitrogen and oxygen atoms in total. The minimum atomic E-state index is 0.876. The number of nitrogens with zero attached hydrogens (tertiary/aromatic N) is 1. The van der Waals surface area contributed by atoms with E-state index in [0.717, 1.165) is 6.04 Å². The molecular formula is C15H32N2. The second-order valence-electron chi connectivity index (χ2n) is 5.40. The highest BCUT2D eigenvalue weighted by molar-refractivity contribution is 4.74. The zero-order valence-corrected chi connectivity index (χ0v) is 12.0. The third-order valence-corrected chi connectivity index (χ3v) is 3.95. The third kappa shape index (κ3) is 6.42. The van der Waals surface area contributed by atoms with Crippen LogP contribution in [0, 0.1) is 0 Å². The van der Waals surface area contributed by atoms with Crippen LogP contribution in [-0.4, -0.2) is 37.1 Å². The van der Waals surface area contributed by atoms with Crippen molar-refractivity contribution in [3.63, 3.8) is 0 Å². The molecule has 0 bridgehead atoms. The number of hydrogen-bond donors (Lipinski definition) is 1. The predicted molar refractivity (Wildman–Crippen MR) is 76.5 cm³/mol. The second-order valence-corrected chi connectivity index (χ2v) is 5.40. The summed E-state index contributed by atoms with van der Waals surface area (Å²) < 4.78 is 0. The fraction of sp³-hybridized carbons (Fsp3) is 1.00. The van der Waals surface area contributed by atoms with Crippen LogP contribution in [0.5, 0.6) is 0 Å². The largest absolute Gasteiger partial charge is 0.317 e. The first-order valence-corrected chi connectivity index (χ1v) is 7.83. The van der Waals surface area contributed by atoms with Crippen molar-refractivity contribution in [2.24, 2.45) is 0 Å². The van der Waals surface area contributed by atoms with Gasteiger partial charge in [0, 0.05) is 6.04 Å². The number of nitrogens with one attached hydrogen (secondary N) is 1. The molecule has 1 aliphatic rings. The van der Waals surface area contributed by atoms with Crippen molar-refractivity contribution in [2.75, 3.05) is 26.2 Å². The van der Waals surface area contributed by atoms with Crippen molar-refractivity contribution in [3.05, 3.63) is 0 Å². The molecule has 0 radical (unpaired) electrons. The SMILES string of the molecule is CCCNCCCCN1CCCCCC1CC. The summed E-state index contributed by atoms with van der Waals surface area (Å²) in [7, 11) is 0. The summed E-state index contributed by atoms with van der Waals surface area (Å²) >= 11 is 0. The van der Waals surface area contributed by atoms with Gasteiger partial charge in [-0.3, -0.25) is 0 Å². The number of unbranched alkanes of at least 4 members (excludes halogenated alkanes) is 1. The van der Waals surface area contributed by atoms with Gasteiger partial charge in [0.15, 0.2) is 0 Å². The molecule has 1 saturated heterocycles. The van der Waals surface area contributed by atoms with Crippen molar-refractivity contribution >= 4 is 0 Å². The first kappa shape index (κ1) is 15.0. The Bertz CT molecular complexity index is 170. The van der Waals surface area contributed by atoms with E-state index >= 15 is 0 Å². The molecule has 0 amide bonds. The Labute approximate surface area is 108 Å². The standard InChI is InChI=1S/C15H32N2/c1-3-11-16-12-7-9-14-17-13-8-5-6-10-15(17)4-2/h15-16H,3-14H2,1-2H3. The van der Waals surface area contributed by atoms with E-state index in [1.807, 2.05) is 0 Å². The van der Waals surface area contributed by atoms with Crippen molar-refractivity contribution in [3.8, 4) is 0 Å². The lowest BCUT2D eigenvalue weighted by atomic mass is 10.1. The van der Waals surface area contributed by atoms with Gasteiger partial charge in [-0.25, -0.2) is 0 Å². The monoisotopic (exact) mass is 240 g/mol. The van der Waals surface area contributed by atoms with Gasteiger partial charge in [0.1, 0.15) is 0 Å². The molecule has 1 rings (SSSR count). The average molecular weight is 240 g/mol. The minimum absolute atomic E-state index is 0.876. The molecule has 0 aromatic rings. The Kier molecular flexibility index (Phi) is 8.72. The van der Waals surface area contributed by atoms with E-state index in [2.05, 4.69) is 24.1 Å². The Hall–Kier alpha value is -0.0800. The van der Waals surface area contributed by atoms with E-state index in [0.29, 0.717) is 0 Å². The van der Waals surface area contributed by atoms with Crippen LogP contribution in [0.2, 0.25) is 0 Å².